The van der Waals surface area contributed by atoms with Crippen LogP contribution in [0.5, 0.6) is 23.0 Å². The summed E-state index contributed by atoms with van der Waals surface area (Å²) in [5, 5.41) is 0. The molecule has 11 heteroatoms. The topological polar surface area (TPSA) is 84.0 Å². The summed E-state index contributed by atoms with van der Waals surface area (Å²) in [7, 11) is 0.103. The quantitative estimate of drug-likeness (QED) is 0.461. The Morgan fingerprint density at radius 3 is 2.18 bits per heavy atom. The number of hydrogen-bond donors (Lipinski definition) is 0. The Morgan fingerprint density at radius 1 is 0.848 bits per heavy atom. The molecule has 0 unspecified atom stereocenters. The van der Waals surface area contributed by atoms with E-state index in [1.807, 2.05) is 0 Å². The van der Waals surface area contributed by atoms with Gasteiger partial charge in [0.15, 0.2) is 9.84 Å². The van der Waals surface area contributed by atoms with Crippen LogP contribution < -0.4 is 18.9 Å². The van der Waals surface area contributed by atoms with Gasteiger partial charge in [-0.2, -0.15) is 0 Å². The lowest BCUT2D eigenvalue weighted by molar-refractivity contribution is -0.274. The highest BCUT2D eigenvalue weighted by molar-refractivity contribution is 7.90. The van der Waals surface area contributed by atoms with Gasteiger partial charge < -0.3 is 18.9 Å². The van der Waals surface area contributed by atoms with Gasteiger partial charge in [-0.25, -0.2) is 8.42 Å². The predicted molar refractivity (Wildman–Crippen MR) is 113 cm³/mol. The molecule has 0 aliphatic carbocycles. The monoisotopic (exact) mass is 483 g/mol. The summed E-state index contributed by atoms with van der Waals surface area (Å²) in [6, 6.07) is 9.61. The first-order valence-electron chi connectivity index (χ1n) is 9.39. The van der Waals surface area contributed by atoms with Crippen molar-refractivity contribution in [1.82, 2.24) is 4.98 Å². The minimum absolute atomic E-state index is 0.106. The van der Waals surface area contributed by atoms with Crippen molar-refractivity contribution in [2.45, 2.75) is 17.0 Å². The van der Waals surface area contributed by atoms with Crippen LogP contribution in [0.25, 0.3) is 11.1 Å². The third kappa shape index (κ3) is 5.86. The zero-order valence-corrected chi connectivity index (χ0v) is 18.7. The van der Waals surface area contributed by atoms with Crippen molar-refractivity contribution in [3.8, 4) is 34.1 Å². The van der Waals surface area contributed by atoms with Crippen molar-refractivity contribution in [1.29, 1.82) is 0 Å². The van der Waals surface area contributed by atoms with Crippen LogP contribution in [0.4, 0.5) is 13.2 Å². The summed E-state index contributed by atoms with van der Waals surface area (Å²) >= 11 is 0. The smallest absolute Gasteiger partial charge is 0.497 e. The second kappa shape index (κ2) is 9.57. The van der Waals surface area contributed by atoms with Gasteiger partial charge in [-0.1, -0.05) is 0 Å². The first-order valence-corrected chi connectivity index (χ1v) is 11.0. The Morgan fingerprint density at radius 2 is 1.55 bits per heavy atom. The molecule has 0 radical (unpaired) electrons. The highest BCUT2D eigenvalue weighted by atomic mass is 32.2. The van der Waals surface area contributed by atoms with Gasteiger partial charge in [-0.3, -0.25) is 4.98 Å². The van der Waals surface area contributed by atoms with E-state index in [-0.39, 0.29) is 5.75 Å². The molecule has 0 atom stereocenters. The number of sulfone groups is 1. The molecule has 0 saturated carbocycles. The van der Waals surface area contributed by atoms with Crippen molar-refractivity contribution >= 4 is 9.84 Å². The number of nitrogens with zero attached hydrogens (tertiary/aromatic N) is 1. The molecule has 0 bridgehead atoms. The fourth-order valence-corrected chi connectivity index (χ4v) is 4.65. The number of ether oxygens (including phenoxy) is 4. The van der Waals surface area contributed by atoms with Crippen LogP contribution >= 0.6 is 0 Å². The molecule has 3 rings (SSSR count). The number of hydrogen-bond acceptors (Lipinski definition) is 7. The molecule has 7 nitrogen and oxygen atoms in total. The Kier molecular flexibility index (Phi) is 7.01. The maximum atomic E-state index is 13.1. The van der Waals surface area contributed by atoms with Crippen molar-refractivity contribution < 1.29 is 40.5 Å². The van der Waals surface area contributed by atoms with Crippen molar-refractivity contribution in [2.24, 2.45) is 0 Å². The zero-order valence-electron chi connectivity index (χ0n) is 17.8. The first kappa shape index (κ1) is 24.2. The Balaban J connectivity index is 1.97. The first-order chi connectivity index (χ1) is 15.6. The standard InChI is InChI=1S/C22H20F3NO6S/c1-29-16-4-6-18(20(9-16)31-3)15-8-14(11-26-12-15)13-33(27,28)21-10-17(32-22(23,24)25)5-7-19(21)30-2/h4-12H,13H2,1-3H3. The molecule has 176 valence electrons. The summed E-state index contributed by atoms with van der Waals surface area (Å²) in [6.07, 6.45) is -2.07. The summed E-state index contributed by atoms with van der Waals surface area (Å²) in [5.74, 6) is -0.231. The van der Waals surface area contributed by atoms with E-state index in [0.717, 1.165) is 18.2 Å². The fraction of sp³-hybridized carbons (Fsp3) is 0.227. The SMILES string of the molecule is COc1ccc(-c2cncc(CS(=O)(=O)c3cc(OC(F)(F)F)ccc3OC)c2)c(OC)c1. The van der Waals surface area contributed by atoms with Gasteiger partial charge in [-0.15, -0.1) is 13.2 Å². The van der Waals surface area contributed by atoms with E-state index in [9.17, 15) is 21.6 Å². The van der Waals surface area contributed by atoms with Gasteiger partial charge in [-0.05, 0) is 35.9 Å². The number of alkyl halides is 3. The number of methoxy groups -OCH3 is 3. The Bertz CT molecular complexity index is 1250. The third-order valence-electron chi connectivity index (χ3n) is 4.57. The third-order valence-corrected chi connectivity index (χ3v) is 6.28. The lowest BCUT2D eigenvalue weighted by atomic mass is 10.0. The van der Waals surface area contributed by atoms with Gasteiger partial charge in [0.05, 0.1) is 27.1 Å². The van der Waals surface area contributed by atoms with Crippen LogP contribution in [0, 0.1) is 0 Å². The number of rotatable bonds is 8. The van der Waals surface area contributed by atoms with E-state index in [4.69, 9.17) is 14.2 Å². The van der Waals surface area contributed by atoms with Gasteiger partial charge in [0.2, 0.25) is 0 Å². The minimum atomic E-state index is -4.97. The molecular weight excluding hydrogens is 463 g/mol. The van der Waals surface area contributed by atoms with Crippen LogP contribution in [-0.4, -0.2) is 41.1 Å². The van der Waals surface area contributed by atoms with Crippen LogP contribution in [0.1, 0.15) is 5.56 Å². The van der Waals surface area contributed by atoms with E-state index in [2.05, 4.69) is 9.72 Å². The largest absolute Gasteiger partial charge is 0.573 e. The lowest BCUT2D eigenvalue weighted by Crippen LogP contribution is -2.17. The molecule has 0 aliphatic heterocycles. The molecule has 0 saturated heterocycles. The maximum Gasteiger partial charge on any atom is 0.573 e. The van der Waals surface area contributed by atoms with E-state index >= 15 is 0 Å². The van der Waals surface area contributed by atoms with E-state index in [1.54, 1.807) is 30.5 Å². The predicted octanol–water partition coefficient (Wildman–Crippen LogP) is 4.65. The molecule has 0 N–H and O–H groups in total. The Labute approximate surface area is 188 Å². The second-order valence-electron chi connectivity index (χ2n) is 6.77. The number of halogens is 3. The summed E-state index contributed by atoms with van der Waals surface area (Å²) < 4.78 is 83.3. The summed E-state index contributed by atoms with van der Waals surface area (Å²) in [5.41, 5.74) is 1.56. The molecule has 0 spiro atoms. The van der Waals surface area contributed by atoms with Gasteiger partial charge in [0.25, 0.3) is 0 Å². The van der Waals surface area contributed by atoms with E-state index < -0.39 is 32.6 Å². The number of benzene rings is 2. The highest BCUT2D eigenvalue weighted by Gasteiger charge is 2.32. The second-order valence-corrected chi connectivity index (χ2v) is 8.73. The average molecular weight is 483 g/mol. The Hall–Kier alpha value is -3.47. The molecule has 3 aromatic rings. The minimum Gasteiger partial charge on any atom is -0.497 e. The number of pyridine rings is 1. The van der Waals surface area contributed by atoms with Crippen LogP contribution in [0.3, 0.4) is 0 Å². The van der Waals surface area contributed by atoms with Crippen LogP contribution in [0.2, 0.25) is 0 Å². The molecule has 1 heterocycles. The van der Waals surface area contributed by atoms with Crippen LogP contribution in [-0.2, 0) is 15.6 Å². The maximum absolute atomic E-state index is 13.1. The van der Waals surface area contributed by atoms with Gasteiger partial charge >= 0.3 is 6.36 Å². The van der Waals surface area contributed by atoms with Crippen molar-refractivity contribution in [3.63, 3.8) is 0 Å². The number of aromatic nitrogens is 1. The molecule has 0 aliphatic rings. The van der Waals surface area contributed by atoms with Crippen LogP contribution in [0.15, 0.2) is 59.8 Å². The van der Waals surface area contributed by atoms with Gasteiger partial charge in [0.1, 0.15) is 27.9 Å². The highest BCUT2D eigenvalue weighted by Crippen LogP contribution is 2.35. The fourth-order valence-electron chi connectivity index (χ4n) is 3.15. The molecule has 33 heavy (non-hydrogen) atoms. The molecule has 0 amide bonds. The summed E-state index contributed by atoms with van der Waals surface area (Å²) in [6.45, 7) is 0. The molecule has 0 fully saturated rings. The van der Waals surface area contributed by atoms with E-state index in [0.29, 0.717) is 28.2 Å². The molecular formula is C22H20F3NO6S. The molecule has 2 aromatic carbocycles. The van der Waals surface area contributed by atoms with Crippen molar-refractivity contribution in [3.05, 3.63) is 60.4 Å². The summed E-state index contributed by atoms with van der Waals surface area (Å²) in [4.78, 5) is 3.68. The normalized spacial score (nSPS) is 11.7. The van der Waals surface area contributed by atoms with Crippen molar-refractivity contribution in [2.75, 3.05) is 21.3 Å². The zero-order chi connectivity index (χ0) is 24.2. The molecule has 1 aromatic heterocycles. The van der Waals surface area contributed by atoms with E-state index in [1.165, 1.54) is 27.5 Å². The average Bonchev–Trinajstić information content (AvgIpc) is 2.77. The lowest BCUT2D eigenvalue weighted by Gasteiger charge is -2.14. The van der Waals surface area contributed by atoms with Gasteiger partial charge in [0, 0.05) is 35.7 Å².